The average molecular weight is 571 g/mol. The van der Waals surface area contributed by atoms with Gasteiger partial charge in [-0.3, -0.25) is 30.7 Å². The summed E-state index contributed by atoms with van der Waals surface area (Å²) in [6, 6.07) is 22.4. The number of nitrogens with one attached hydrogen (secondary N) is 3. The Morgan fingerprint density at radius 1 is 0.476 bits per heavy atom. The number of para-hydroxylation sites is 3. The van der Waals surface area contributed by atoms with Crippen LogP contribution >= 0.6 is 0 Å². The summed E-state index contributed by atoms with van der Waals surface area (Å²) in [4.78, 5) is 33.8. The highest BCUT2D eigenvalue weighted by atomic mass is 16.4. The Bertz CT molecular complexity index is 1680. The molecule has 12 nitrogen and oxygen atoms in total. The Balaban J connectivity index is 0.000000145. The molecule has 0 bridgehead atoms. The van der Waals surface area contributed by atoms with E-state index in [-0.39, 0.29) is 17.3 Å². The van der Waals surface area contributed by atoms with Crippen molar-refractivity contribution in [1.29, 1.82) is 0 Å². The fourth-order valence-electron chi connectivity index (χ4n) is 4.37. The second kappa shape index (κ2) is 12.8. The van der Waals surface area contributed by atoms with E-state index in [1.165, 1.54) is 0 Å². The molecule has 6 rings (SSSR count). The van der Waals surface area contributed by atoms with Crippen LogP contribution in [0.3, 0.4) is 0 Å². The predicted octanol–water partition coefficient (Wildman–Crippen LogP) is 4.03. The SMILES string of the molecule is Cc1c(C(=O)NN)oc2ccccc12.Cc1c(C(=O)NN)oc2ccccc12.Cc1c(C(=O)NN)oc2ccccc12. The normalized spacial score (nSPS) is 10.4. The average Bonchev–Trinajstić information content (AvgIpc) is 3.67. The van der Waals surface area contributed by atoms with Crippen molar-refractivity contribution in [2.24, 2.45) is 17.5 Å². The molecule has 0 fully saturated rings. The molecular formula is C30H30N6O6. The fraction of sp³-hybridized carbons (Fsp3) is 0.100. The Labute approximate surface area is 239 Å². The van der Waals surface area contributed by atoms with E-state index in [0.717, 1.165) is 32.8 Å². The summed E-state index contributed by atoms with van der Waals surface area (Å²) in [6.45, 7) is 5.49. The Hall–Kier alpha value is -5.43. The first-order chi connectivity index (χ1) is 20.2. The zero-order valence-electron chi connectivity index (χ0n) is 23.1. The third-order valence-corrected chi connectivity index (χ3v) is 6.54. The highest BCUT2D eigenvalue weighted by molar-refractivity contribution is 6.00. The first-order valence-corrected chi connectivity index (χ1v) is 12.7. The molecule has 0 unspecified atom stereocenters. The first kappa shape index (κ1) is 29.6. The quantitative estimate of drug-likeness (QED) is 0.103. The van der Waals surface area contributed by atoms with Crippen LogP contribution < -0.4 is 33.8 Å². The molecule has 0 radical (unpaired) electrons. The van der Waals surface area contributed by atoms with Crippen molar-refractivity contribution in [3.63, 3.8) is 0 Å². The van der Waals surface area contributed by atoms with Crippen molar-refractivity contribution < 1.29 is 27.6 Å². The number of amides is 3. The molecule has 0 aliphatic rings. The molecule has 0 spiro atoms. The lowest BCUT2D eigenvalue weighted by Crippen LogP contribution is -2.30. The molecule has 12 heteroatoms. The Kier molecular flexibility index (Phi) is 9.02. The van der Waals surface area contributed by atoms with E-state index in [9.17, 15) is 14.4 Å². The maximum absolute atomic E-state index is 11.3. The van der Waals surface area contributed by atoms with Crippen molar-refractivity contribution in [2.45, 2.75) is 20.8 Å². The zero-order valence-corrected chi connectivity index (χ0v) is 23.1. The number of furan rings is 3. The van der Waals surface area contributed by atoms with Gasteiger partial charge in [0.15, 0.2) is 17.3 Å². The maximum Gasteiger partial charge on any atom is 0.301 e. The van der Waals surface area contributed by atoms with Gasteiger partial charge >= 0.3 is 17.7 Å². The molecule has 9 N–H and O–H groups in total. The van der Waals surface area contributed by atoms with E-state index in [2.05, 4.69) is 16.3 Å². The van der Waals surface area contributed by atoms with Gasteiger partial charge in [0, 0.05) is 32.8 Å². The van der Waals surface area contributed by atoms with Gasteiger partial charge in [0.2, 0.25) is 0 Å². The number of aryl methyl sites for hydroxylation is 3. The molecular weight excluding hydrogens is 540 g/mol. The van der Waals surface area contributed by atoms with Crippen molar-refractivity contribution in [3.8, 4) is 0 Å². The van der Waals surface area contributed by atoms with Crippen molar-refractivity contribution >= 4 is 50.6 Å². The number of carbonyl (C=O) groups excluding carboxylic acids is 3. The number of hydrazine groups is 3. The first-order valence-electron chi connectivity index (χ1n) is 12.7. The standard InChI is InChI=1S/3C10H10N2O2/c3*1-6-7-4-2-3-5-8(7)14-9(6)10(13)12-11/h3*2-5H,11H2,1H3,(H,12,13). The van der Waals surface area contributed by atoms with E-state index in [0.29, 0.717) is 16.7 Å². The summed E-state index contributed by atoms with van der Waals surface area (Å²) in [5.41, 5.74) is 10.7. The minimum Gasteiger partial charge on any atom is -0.451 e. The Morgan fingerprint density at radius 3 is 0.929 bits per heavy atom. The lowest BCUT2D eigenvalue weighted by atomic mass is 10.1. The highest BCUT2D eigenvalue weighted by Crippen LogP contribution is 2.26. The maximum atomic E-state index is 11.3. The summed E-state index contributed by atoms with van der Waals surface area (Å²) in [7, 11) is 0. The fourth-order valence-corrected chi connectivity index (χ4v) is 4.37. The van der Waals surface area contributed by atoms with Crippen LogP contribution in [0.15, 0.2) is 86.0 Å². The number of carbonyl (C=O) groups is 3. The van der Waals surface area contributed by atoms with Gasteiger partial charge in [0.25, 0.3) is 0 Å². The number of hydrogen-bond donors (Lipinski definition) is 6. The molecule has 0 saturated carbocycles. The summed E-state index contributed by atoms with van der Waals surface area (Å²) >= 11 is 0. The lowest BCUT2D eigenvalue weighted by molar-refractivity contribution is 0.0920. The second-order valence-electron chi connectivity index (χ2n) is 9.08. The summed E-state index contributed by atoms with van der Waals surface area (Å²) < 4.78 is 16.1. The minimum absolute atomic E-state index is 0.272. The molecule has 3 heterocycles. The van der Waals surface area contributed by atoms with Crippen LogP contribution in [0.4, 0.5) is 0 Å². The Morgan fingerprint density at radius 2 is 0.714 bits per heavy atom. The molecule has 0 atom stereocenters. The number of rotatable bonds is 3. The van der Waals surface area contributed by atoms with Gasteiger partial charge in [-0.1, -0.05) is 54.6 Å². The van der Waals surface area contributed by atoms with Crippen LogP contribution in [0.1, 0.15) is 48.4 Å². The van der Waals surface area contributed by atoms with Crippen molar-refractivity contribution in [2.75, 3.05) is 0 Å². The molecule has 0 aliphatic heterocycles. The van der Waals surface area contributed by atoms with Gasteiger partial charge in [-0.2, -0.15) is 0 Å². The third-order valence-electron chi connectivity index (χ3n) is 6.54. The summed E-state index contributed by atoms with van der Waals surface area (Å²) in [5, 5.41) is 2.81. The zero-order chi connectivity index (χ0) is 30.4. The van der Waals surface area contributed by atoms with Gasteiger partial charge in [0.1, 0.15) is 16.7 Å². The molecule has 0 aliphatic carbocycles. The van der Waals surface area contributed by atoms with E-state index >= 15 is 0 Å². The van der Waals surface area contributed by atoms with Gasteiger partial charge in [-0.25, -0.2) is 17.5 Å². The summed E-state index contributed by atoms with van der Waals surface area (Å²) in [6.07, 6.45) is 0. The molecule has 3 amide bonds. The van der Waals surface area contributed by atoms with E-state index in [4.69, 9.17) is 30.8 Å². The summed E-state index contributed by atoms with van der Waals surface area (Å²) in [5.74, 6) is 14.7. The molecule has 3 aromatic heterocycles. The lowest BCUT2D eigenvalue weighted by Gasteiger charge is -1.94. The topological polar surface area (TPSA) is 205 Å². The largest absolute Gasteiger partial charge is 0.451 e. The van der Waals surface area contributed by atoms with Crippen LogP contribution in [-0.4, -0.2) is 17.7 Å². The van der Waals surface area contributed by atoms with Gasteiger partial charge < -0.3 is 13.3 Å². The minimum atomic E-state index is -0.404. The van der Waals surface area contributed by atoms with Crippen LogP contribution in [-0.2, 0) is 0 Å². The molecule has 0 saturated heterocycles. The third kappa shape index (κ3) is 5.86. The number of fused-ring (bicyclic) bond motifs is 3. The number of hydrogen-bond acceptors (Lipinski definition) is 9. The highest BCUT2D eigenvalue weighted by Gasteiger charge is 2.17. The van der Waals surface area contributed by atoms with Crippen LogP contribution in [0.5, 0.6) is 0 Å². The van der Waals surface area contributed by atoms with Crippen molar-refractivity contribution in [3.05, 3.63) is 107 Å². The van der Waals surface area contributed by atoms with Crippen LogP contribution in [0.25, 0.3) is 32.9 Å². The van der Waals surface area contributed by atoms with Gasteiger partial charge in [-0.15, -0.1) is 0 Å². The monoisotopic (exact) mass is 570 g/mol. The number of nitrogen functional groups attached to an aromatic ring is 3. The molecule has 42 heavy (non-hydrogen) atoms. The van der Waals surface area contributed by atoms with E-state index in [1.54, 1.807) is 0 Å². The molecule has 3 aromatic carbocycles. The number of nitrogens with two attached hydrogens (primary N) is 3. The van der Waals surface area contributed by atoms with Crippen LogP contribution in [0.2, 0.25) is 0 Å². The van der Waals surface area contributed by atoms with Crippen LogP contribution in [0, 0.1) is 20.8 Å². The smallest absolute Gasteiger partial charge is 0.301 e. The van der Waals surface area contributed by atoms with Gasteiger partial charge in [0.05, 0.1) is 0 Å². The van der Waals surface area contributed by atoms with E-state index < -0.39 is 17.7 Å². The van der Waals surface area contributed by atoms with Crippen molar-refractivity contribution in [1.82, 2.24) is 16.3 Å². The molecule has 6 aromatic rings. The molecule has 216 valence electrons. The predicted molar refractivity (Wildman–Crippen MR) is 158 cm³/mol. The van der Waals surface area contributed by atoms with E-state index in [1.807, 2.05) is 93.6 Å². The number of benzene rings is 3. The van der Waals surface area contributed by atoms with Gasteiger partial charge in [-0.05, 0) is 39.0 Å². The second-order valence-corrected chi connectivity index (χ2v) is 9.08.